The van der Waals surface area contributed by atoms with Gasteiger partial charge >= 0.3 is 0 Å². The van der Waals surface area contributed by atoms with Crippen LogP contribution in [0.3, 0.4) is 0 Å². The van der Waals surface area contributed by atoms with Crippen LogP contribution >= 0.6 is 0 Å². The van der Waals surface area contributed by atoms with Crippen molar-refractivity contribution in [1.82, 2.24) is 0 Å². The van der Waals surface area contributed by atoms with Gasteiger partial charge in [-0.1, -0.05) is 0 Å². The molecule has 1 aliphatic heterocycles. The standard InChI is InChI=1S/C20H16F4O3/c1-19(2)20(27-19)13-9-7(25-3)5-6-8(26-4)10(9)14(20)12-11(13)15(21)17(23)18(24)16(12)22/h5-6,13-14H,1-4H3. The van der Waals surface area contributed by atoms with Crippen molar-refractivity contribution in [2.45, 2.75) is 36.9 Å². The highest BCUT2D eigenvalue weighted by Crippen LogP contribution is 2.78. The molecule has 2 aromatic carbocycles. The second-order valence-corrected chi connectivity index (χ2v) is 7.65. The Labute approximate surface area is 152 Å². The molecular weight excluding hydrogens is 364 g/mol. The molecule has 1 saturated heterocycles. The van der Waals surface area contributed by atoms with Crippen LogP contribution in [0.1, 0.15) is 47.9 Å². The first-order chi connectivity index (χ1) is 12.7. The second-order valence-electron chi connectivity index (χ2n) is 7.65. The average Bonchev–Trinajstić information content (AvgIpc) is 2.95. The fraction of sp³-hybridized carbons (Fsp3) is 0.400. The third-order valence-electron chi connectivity index (χ3n) is 6.32. The van der Waals surface area contributed by atoms with Crippen molar-refractivity contribution in [3.63, 3.8) is 0 Å². The molecule has 1 fully saturated rings. The number of ether oxygens (including phenoxy) is 3. The lowest BCUT2D eigenvalue weighted by molar-refractivity contribution is 0.262. The van der Waals surface area contributed by atoms with E-state index in [0.717, 1.165) is 0 Å². The van der Waals surface area contributed by atoms with Crippen LogP contribution in [0.25, 0.3) is 0 Å². The maximum Gasteiger partial charge on any atom is 0.197 e. The van der Waals surface area contributed by atoms with Crippen LogP contribution in [-0.2, 0) is 4.74 Å². The summed E-state index contributed by atoms with van der Waals surface area (Å²) in [4.78, 5) is 0. The van der Waals surface area contributed by atoms with E-state index in [4.69, 9.17) is 14.2 Å². The van der Waals surface area contributed by atoms with E-state index in [-0.39, 0.29) is 11.1 Å². The van der Waals surface area contributed by atoms with Crippen LogP contribution in [0, 0.1) is 23.3 Å². The van der Waals surface area contributed by atoms with Crippen molar-refractivity contribution < 1.29 is 31.8 Å². The normalized spacial score (nSPS) is 28.3. The summed E-state index contributed by atoms with van der Waals surface area (Å²) in [5, 5.41) is 0. The highest BCUT2D eigenvalue weighted by molar-refractivity contribution is 5.73. The second kappa shape index (κ2) is 4.76. The van der Waals surface area contributed by atoms with Crippen molar-refractivity contribution in [2.24, 2.45) is 0 Å². The van der Waals surface area contributed by atoms with Gasteiger partial charge in [0.15, 0.2) is 23.3 Å². The van der Waals surface area contributed by atoms with Gasteiger partial charge in [-0.2, -0.15) is 0 Å². The predicted octanol–water partition coefficient (Wildman–Crippen LogP) is 4.40. The largest absolute Gasteiger partial charge is 0.496 e. The molecule has 7 heteroatoms. The van der Waals surface area contributed by atoms with Crippen LogP contribution < -0.4 is 9.47 Å². The Bertz CT molecular complexity index is 961. The van der Waals surface area contributed by atoms with Gasteiger partial charge in [0.2, 0.25) is 0 Å². The Kier molecular flexibility index (Phi) is 2.97. The Morgan fingerprint density at radius 2 is 1.11 bits per heavy atom. The molecule has 142 valence electrons. The van der Waals surface area contributed by atoms with Gasteiger partial charge in [-0.3, -0.25) is 0 Å². The van der Waals surface area contributed by atoms with Gasteiger partial charge in [-0.15, -0.1) is 0 Å². The molecule has 3 aliphatic rings. The monoisotopic (exact) mass is 380 g/mol. The molecule has 0 N–H and O–H groups in total. The number of benzene rings is 2. The van der Waals surface area contributed by atoms with Crippen molar-refractivity contribution in [3.05, 3.63) is 57.7 Å². The molecular formula is C20H16F4O3. The smallest absolute Gasteiger partial charge is 0.197 e. The lowest BCUT2D eigenvalue weighted by Crippen LogP contribution is -2.25. The van der Waals surface area contributed by atoms with E-state index in [2.05, 4.69) is 0 Å². The Morgan fingerprint density at radius 1 is 0.741 bits per heavy atom. The summed E-state index contributed by atoms with van der Waals surface area (Å²) in [7, 11) is 2.92. The molecule has 1 spiro atoms. The summed E-state index contributed by atoms with van der Waals surface area (Å²) >= 11 is 0. The SMILES string of the molecule is COc1ccc(OC)c2c1C1c3c(F)c(F)c(F)c(F)c3C2C12OC2(C)C. The number of rotatable bonds is 2. The molecule has 2 bridgehead atoms. The first kappa shape index (κ1) is 16.9. The van der Waals surface area contributed by atoms with Crippen LogP contribution in [0.2, 0.25) is 0 Å². The summed E-state index contributed by atoms with van der Waals surface area (Å²) in [5.74, 6) is -7.13. The molecule has 0 aromatic heterocycles. The molecule has 2 unspecified atom stereocenters. The molecule has 2 aromatic rings. The molecule has 3 nitrogen and oxygen atoms in total. The summed E-state index contributed by atoms with van der Waals surface area (Å²) in [6.07, 6.45) is 0. The van der Waals surface area contributed by atoms with E-state index >= 15 is 0 Å². The van der Waals surface area contributed by atoms with E-state index in [1.807, 2.05) is 0 Å². The fourth-order valence-corrected chi connectivity index (χ4v) is 5.30. The topological polar surface area (TPSA) is 31.0 Å². The zero-order chi connectivity index (χ0) is 19.5. The Morgan fingerprint density at radius 3 is 1.41 bits per heavy atom. The van der Waals surface area contributed by atoms with E-state index in [9.17, 15) is 17.6 Å². The number of methoxy groups -OCH3 is 2. The zero-order valence-corrected chi connectivity index (χ0v) is 15.0. The van der Waals surface area contributed by atoms with Crippen LogP contribution in [0.4, 0.5) is 17.6 Å². The van der Waals surface area contributed by atoms with Crippen LogP contribution in [0.15, 0.2) is 12.1 Å². The van der Waals surface area contributed by atoms with Crippen molar-refractivity contribution in [1.29, 1.82) is 0 Å². The van der Waals surface area contributed by atoms with E-state index in [1.165, 1.54) is 14.2 Å². The fourth-order valence-electron chi connectivity index (χ4n) is 5.30. The van der Waals surface area contributed by atoms with Gasteiger partial charge in [0.05, 0.1) is 19.8 Å². The van der Waals surface area contributed by atoms with E-state index in [0.29, 0.717) is 22.6 Å². The summed E-state index contributed by atoms with van der Waals surface area (Å²) in [6, 6.07) is 3.32. The number of fused-ring (bicyclic) bond motifs is 6. The van der Waals surface area contributed by atoms with Gasteiger partial charge in [-0.05, 0) is 26.0 Å². The first-order valence-corrected chi connectivity index (χ1v) is 8.53. The first-order valence-electron chi connectivity index (χ1n) is 8.53. The van der Waals surface area contributed by atoms with Crippen molar-refractivity contribution >= 4 is 0 Å². The van der Waals surface area contributed by atoms with Gasteiger partial charge < -0.3 is 14.2 Å². The molecule has 2 aliphatic carbocycles. The molecule has 0 saturated carbocycles. The highest BCUT2D eigenvalue weighted by Gasteiger charge is 2.81. The highest BCUT2D eigenvalue weighted by atomic mass is 19.2. The molecule has 0 radical (unpaired) electrons. The molecule has 5 rings (SSSR count). The zero-order valence-electron chi connectivity index (χ0n) is 15.0. The van der Waals surface area contributed by atoms with Crippen molar-refractivity contribution in [3.8, 4) is 11.5 Å². The maximum atomic E-state index is 14.8. The lowest BCUT2D eigenvalue weighted by Gasteiger charge is -2.23. The van der Waals surface area contributed by atoms with Gasteiger partial charge in [0.1, 0.15) is 17.1 Å². The quantitative estimate of drug-likeness (QED) is 0.335. The van der Waals surface area contributed by atoms with Gasteiger partial charge in [0.25, 0.3) is 0 Å². The number of epoxide rings is 1. The van der Waals surface area contributed by atoms with E-state index < -0.39 is 46.3 Å². The minimum absolute atomic E-state index is 0.193. The van der Waals surface area contributed by atoms with Crippen LogP contribution in [0.5, 0.6) is 11.5 Å². The third-order valence-corrected chi connectivity index (χ3v) is 6.32. The number of hydrogen-bond donors (Lipinski definition) is 0. The van der Waals surface area contributed by atoms with Gasteiger partial charge in [0, 0.05) is 34.1 Å². The Hall–Kier alpha value is -2.28. The predicted molar refractivity (Wildman–Crippen MR) is 87.4 cm³/mol. The minimum Gasteiger partial charge on any atom is -0.496 e. The van der Waals surface area contributed by atoms with Crippen molar-refractivity contribution in [2.75, 3.05) is 14.2 Å². The number of hydrogen-bond acceptors (Lipinski definition) is 3. The van der Waals surface area contributed by atoms with Crippen LogP contribution in [-0.4, -0.2) is 25.4 Å². The lowest BCUT2D eigenvalue weighted by atomic mass is 9.82. The molecule has 0 amide bonds. The average molecular weight is 380 g/mol. The van der Waals surface area contributed by atoms with E-state index in [1.54, 1.807) is 26.0 Å². The minimum atomic E-state index is -1.81. The molecule has 27 heavy (non-hydrogen) atoms. The summed E-state index contributed by atoms with van der Waals surface area (Å²) < 4.78 is 74.6. The summed E-state index contributed by atoms with van der Waals surface area (Å²) in [5.41, 5.74) is -1.03. The van der Waals surface area contributed by atoms with Gasteiger partial charge in [-0.25, -0.2) is 17.6 Å². The summed E-state index contributed by atoms with van der Waals surface area (Å²) in [6.45, 7) is 3.60. The third kappa shape index (κ3) is 1.60. The number of halogens is 4. The molecule has 2 atom stereocenters. The maximum absolute atomic E-state index is 14.8. The Balaban J connectivity index is 1.93. The molecule has 1 heterocycles.